The number of ketones is 1. The molecule has 0 unspecified atom stereocenters. The van der Waals surface area contributed by atoms with Crippen LogP contribution in [0.1, 0.15) is 54.3 Å². The number of allylic oxidation sites excluding steroid dienone is 3. The molecule has 1 aromatic heterocycles. The molecule has 2 aromatic rings. The number of carbonyl (C=O) groups is 2. The Morgan fingerprint density at radius 3 is 2.69 bits per heavy atom. The highest BCUT2D eigenvalue weighted by atomic mass is 32.1. The lowest BCUT2D eigenvalue weighted by Gasteiger charge is -2.33. The van der Waals surface area contributed by atoms with Gasteiger partial charge in [0.15, 0.2) is 5.78 Å². The maximum absolute atomic E-state index is 13.1. The van der Waals surface area contributed by atoms with Crippen LogP contribution < -0.4 is 10.1 Å². The summed E-state index contributed by atoms with van der Waals surface area (Å²) in [5.74, 6) is -0.500. The van der Waals surface area contributed by atoms with Gasteiger partial charge in [-0.2, -0.15) is 0 Å². The molecule has 1 aromatic carbocycles. The Morgan fingerprint density at radius 1 is 1.22 bits per heavy atom. The highest BCUT2D eigenvalue weighted by Gasteiger charge is 2.40. The molecule has 0 spiro atoms. The van der Waals surface area contributed by atoms with E-state index in [-0.39, 0.29) is 18.2 Å². The minimum atomic E-state index is -0.443. The van der Waals surface area contributed by atoms with Crippen molar-refractivity contribution < 1.29 is 23.5 Å². The summed E-state index contributed by atoms with van der Waals surface area (Å²) in [6.07, 6.45) is 2.08. The van der Waals surface area contributed by atoms with Crippen molar-refractivity contribution >= 4 is 23.1 Å². The number of dihydropyridines is 1. The van der Waals surface area contributed by atoms with Crippen LogP contribution in [0.3, 0.4) is 0 Å². The van der Waals surface area contributed by atoms with E-state index in [1.807, 2.05) is 19.9 Å². The Bertz CT molecular complexity index is 1110. The Morgan fingerprint density at radius 2 is 1.97 bits per heavy atom. The topological polar surface area (TPSA) is 64.6 Å². The summed E-state index contributed by atoms with van der Waals surface area (Å²) in [5, 5.41) is 3.30. The first-order valence-electron chi connectivity index (χ1n) is 10.8. The molecule has 0 fully saturated rings. The summed E-state index contributed by atoms with van der Waals surface area (Å²) in [6, 6.07) is 7.91. The number of nitrogens with one attached hydrogen (secondary N) is 1. The minimum absolute atomic E-state index is 0.0770. The highest BCUT2D eigenvalue weighted by molar-refractivity contribution is 7.12. The molecule has 5 nitrogen and oxygen atoms in total. The monoisotopic (exact) mass is 455 g/mol. The largest absolute Gasteiger partial charge is 0.489 e. The molecule has 4 rings (SSSR count). The van der Waals surface area contributed by atoms with Crippen molar-refractivity contribution in [3.05, 3.63) is 74.0 Å². The van der Waals surface area contributed by atoms with Crippen molar-refractivity contribution in [1.29, 1.82) is 0 Å². The van der Waals surface area contributed by atoms with Gasteiger partial charge in [-0.1, -0.05) is 0 Å². The van der Waals surface area contributed by atoms with E-state index >= 15 is 0 Å². The van der Waals surface area contributed by atoms with Gasteiger partial charge in [0.25, 0.3) is 0 Å². The molecule has 0 saturated heterocycles. The second kappa shape index (κ2) is 9.28. The Balaban J connectivity index is 1.69. The van der Waals surface area contributed by atoms with E-state index in [9.17, 15) is 14.0 Å². The van der Waals surface area contributed by atoms with Gasteiger partial charge in [0.1, 0.15) is 18.2 Å². The Labute approximate surface area is 190 Å². The van der Waals surface area contributed by atoms with Gasteiger partial charge in [-0.3, -0.25) is 4.79 Å². The van der Waals surface area contributed by atoms with Crippen LogP contribution in [0.2, 0.25) is 0 Å². The van der Waals surface area contributed by atoms with Crippen molar-refractivity contribution in [2.45, 2.75) is 52.6 Å². The van der Waals surface area contributed by atoms with E-state index in [0.717, 1.165) is 39.6 Å². The maximum atomic E-state index is 13.1. The fraction of sp³-hybridized carbons (Fsp3) is 0.360. The molecular formula is C25H26FNO4S. The second-order valence-electron chi connectivity index (χ2n) is 7.96. The molecule has 1 aliphatic heterocycles. The number of aryl methyl sites for hydroxylation is 1. The van der Waals surface area contributed by atoms with Crippen molar-refractivity contribution in [3.8, 4) is 5.75 Å². The summed E-state index contributed by atoms with van der Waals surface area (Å²) in [7, 11) is 0. The lowest BCUT2D eigenvalue weighted by Crippen LogP contribution is -2.34. The summed E-state index contributed by atoms with van der Waals surface area (Å²) < 4.78 is 24.3. The van der Waals surface area contributed by atoms with Crippen LogP contribution >= 0.6 is 11.3 Å². The number of hydrogen-bond acceptors (Lipinski definition) is 6. The molecule has 1 atom stereocenters. The molecule has 168 valence electrons. The predicted octanol–water partition coefficient (Wildman–Crippen LogP) is 5.31. The van der Waals surface area contributed by atoms with Crippen molar-refractivity contribution in [1.82, 2.24) is 5.32 Å². The molecule has 2 heterocycles. The number of carbonyl (C=O) groups excluding carboxylic acids is 2. The quantitative estimate of drug-likeness (QED) is 0.599. The van der Waals surface area contributed by atoms with E-state index < -0.39 is 11.9 Å². The molecule has 2 aliphatic rings. The van der Waals surface area contributed by atoms with Gasteiger partial charge in [0.2, 0.25) is 0 Å². The lowest BCUT2D eigenvalue weighted by atomic mass is 9.78. The predicted molar refractivity (Wildman–Crippen MR) is 121 cm³/mol. The normalized spacial score (nSPS) is 18.4. The van der Waals surface area contributed by atoms with Crippen molar-refractivity contribution in [2.24, 2.45) is 0 Å². The first-order valence-corrected chi connectivity index (χ1v) is 11.6. The molecule has 1 aliphatic carbocycles. The molecule has 0 saturated carbocycles. The van der Waals surface area contributed by atoms with Gasteiger partial charge in [-0.05, 0) is 63.9 Å². The SMILES string of the molecule is CCOC(=O)C1=C(C)NC2=C(C(=O)CCC2)[C@H]1c1cc(COc2ccc(F)cc2)c(C)s1. The Kier molecular flexibility index (Phi) is 6.46. The van der Waals surface area contributed by atoms with Crippen LogP contribution in [0, 0.1) is 12.7 Å². The molecule has 0 radical (unpaired) electrons. The van der Waals surface area contributed by atoms with Crippen LogP contribution in [0.25, 0.3) is 0 Å². The smallest absolute Gasteiger partial charge is 0.336 e. The summed E-state index contributed by atoms with van der Waals surface area (Å²) >= 11 is 1.56. The Hall–Kier alpha value is -2.93. The van der Waals surface area contributed by atoms with E-state index in [0.29, 0.717) is 29.9 Å². The molecule has 7 heteroatoms. The number of halogens is 1. The number of ether oxygens (including phenoxy) is 2. The van der Waals surface area contributed by atoms with Gasteiger partial charge < -0.3 is 14.8 Å². The van der Waals surface area contributed by atoms with E-state index in [1.54, 1.807) is 30.4 Å². The number of hydrogen-bond donors (Lipinski definition) is 1. The third kappa shape index (κ3) is 4.35. The lowest BCUT2D eigenvalue weighted by molar-refractivity contribution is -0.138. The molecule has 32 heavy (non-hydrogen) atoms. The number of thiophene rings is 1. The van der Waals surface area contributed by atoms with Gasteiger partial charge >= 0.3 is 5.97 Å². The maximum Gasteiger partial charge on any atom is 0.336 e. The zero-order valence-electron chi connectivity index (χ0n) is 18.4. The number of benzene rings is 1. The van der Waals surface area contributed by atoms with Gasteiger partial charge in [0.05, 0.1) is 18.1 Å². The average molecular weight is 456 g/mol. The van der Waals surface area contributed by atoms with Crippen LogP contribution in [0.5, 0.6) is 5.75 Å². The van der Waals surface area contributed by atoms with E-state index in [1.165, 1.54) is 12.1 Å². The summed E-state index contributed by atoms with van der Waals surface area (Å²) in [5.41, 5.74) is 3.79. The molecule has 0 amide bonds. The van der Waals surface area contributed by atoms with Gasteiger partial charge in [-0.25, -0.2) is 9.18 Å². The van der Waals surface area contributed by atoms with E-state index in [2.05, 4.69) is 5.32 Å². The van der Waals surface area contributed by atoms with Crippen LogP contribution in [0.4, 0.5) is 4.39 Å². The number of esters is 1. The van der Waals surface area contributed by atoms with Gasteiger partial charge in [0, 0.05) is 38.7 Å². The van der Waals surface area contributed by atoms with Crippen LogP contribution in [-0.4, -0.2) is 18.4 Å². The standard InChI is InChI=1S/C25H26FNO4S/c1-4-30-25(29)22-14(2)27-19-6-5-7-20(28)23(19)24(22)21-12-16(15(3)32-21)13-31-18-10-8-17(26)9-11-18/h8-12,24,27H,4-7,13H2,1-3H3/t24-/m0/s1. The van der Waals surface area contributed by atoms with Crippen molar-refractivity contribution in [2.75, 3.05) is 6.61 Å². The molecule has 1 N–H and O–H groups in total. The van der Waals surface area contributed by atoms with Crippen LogP contribution in [-0.2, 0) is 20.9 Å². The third-order valence-electron chi connectivity index (χ3n) is 5.80. The number of rotatable bonds is 6. The number of Topliss-reactive ketones (excluding diaryl/α,β-unsaturated/α-hetero) is 1. The molecular weight excluding hydrogens is 429 g/mol. The zero-order valence-corrected chi connectivity index (χ0v) is 19.2. The fourth-order valence-corrected chi connectivity index (χ4v) is 5.43. The third-order valence-corrected chi connectivity index (χ3v) is 6.96. The first-order chi connectivity index (χ1) is 15.4. The second-order valence-corrected chi connectivity index (χ2v) is 9.25. The summed E-state index contributed by atoms with van der Waals surface area (Å²) in [4.78, 5) is 27.8. The first kappa shape index (κ1) is 22.3. The molecule has 0 bridgehead atoms. The average Bonchev–Trinajstić information content (AvgIpc) is 3.13. The van der Waals surface area contributed by atoms with Crippen molar-refractivity contribution in [3.63, 3.8) is 0 Å². The zero-order chi connectivity index (χ0) is 22.8. The minimum Gasteiger partial charge on any atom is -0.489 e. The van der Waals surface area contributed by atoms with E-state index in [4.69, 9.17) is 9.47 Å². The highest BCUT2D eigenvalue weighted by Crippen LogP contribution is 2.45. The van der Waals surface area contributed by atoms with Crippen LogP contribution in [0.15, 0.2) is 52.9 Å². The fourth-order valence-electron chi connectivity index (χ4n) is 4.27. The summed E-state index contributed by atoms with van der Waals surface area (Å²) in [6.45, 7) is 6.21. The van der Waals surface area contributed by atoms with Gasteiger partial charge in [-0.15, -0.1) is 11.3 Å².